The molecule has 0 aliphatic rings. The Morgan fingerprint density at radius 2 is 2.00 bits per heavy atom. The SMILES string of the molecule is CCCCOCc1ccccc1S(N)(=O)=O. The van der Waals surface area contributed by atoms with Crippen LogP contribution in [-0.4, -0.2) is 15.0 Å². The van der Waals surface area contributed by atoms with Gasteiger partial charge in [-0.05, 0) is 18.1 Å². The normalized spacial score (nSPS) is 11.6. The Bertz CT molecular complexity index is 429. The van der Waals surface area contributed by atoms with Crippen molar-refractivity contribution in [3.05, 3.63) is 29.8 Å². The zero-order chi connectivity index (χ0) is 12.0. The highest BCUT2D eigenvalue weighted by Gasteiger charge is 2.12. The highest BCUT2D eigenvalue weighted by atomic mass is 32.2. The lowest BCUT2D eigenvalue weighted by atomic mass is 10.2. The third-order valence-corrected chi connectivity index (χ3v) is 3.19. The van der Waals surface area contributed by atoms with E-state index in [-0.39, 0.29) is 11.5 Å². The summed E-state index contributed by atoms with van der Waals surface area (Å²) in [4.78, 5) is 0.145. The van der Waals surface area contributed by atoms with Crippen molar-refractivity contribution < 1.29 is 13.2 Å². The van der Waals surface area contributed by atoms with E-state index in [1.807, 2.05) is 0 Å². The molecule has 5 heteroatoms. The van der Waals surface area contributed by atoms with E-state index in [1.165, 1.54) is 6.07 Å². The van der Waals surface area contributed by atoms with Crippen LogP contribution in [0, 0.1) is 0 Å². The van der Waals surface area contributed by atoms with Crippen LogP contribution < -0.4 is 5.14 Å². The third-order valence-electron chi connectivity index (χ3n) is 2.18. The summed E-state index contributed by atoms with van der Waals surface area (Å²) in [5.74, 6) is 0. The number of hydrogen-bond donors (Lipinski definition) is 1. The number of unbranched alkanes of at least 4 members (excludes halogenated alkanes) is 1. The van der Waals surface area contributed by atoms with Crippen molar-refractivity contribution in [1.82, 2.24) is 0 Å². The summed E-state index contributed by atoms with van der Waals surface area (Å²) < 4.78 is 27.9. The molecule has 1 aromatic rings. The van der Waals surface area contributed by atoms with Gasteiger partial charge in [0, 0.05) is 6.61 Å². The summed E-state index contributed by atoms with van der Waals surface area (Å²) in [5.41, 5.74) is 0.612. The van der Waals surface area contributed by atoms with Gasteiger partial charge in [-0.3, -0.25) is 0 Å². The molecular weight excluding hydrogens is 226 g/mol. The van der Waals surface area contributed by atoms with E-state index in [9.17, 15) is 8.42 Å². The summed E-state index contributed by atoms with van der Waals surface area (Å²) in [6.07, 6.45) is 2.02. The molecule has 1 rings (SSSR count). The average molecular weight is 243 g/mol. The monoisotopic (exact) mass is 243 g/mol. The molecule has 1 aromatic carbocycles. The Morgan fingerprint density at radius 1 is 1.31 bits per heavy atom. The van der Waals surface area contributed by atoms with Crippen LogP contribution in [0.3, 0.4) is 0 Å². The van der Waals surface area contributed by atoms with Crippen LogP contribution in [0.4, 0.5) is 0 Å². The van der Waals surface area contributed by atoms with Crippen molar-refractivity contribution in [3.8, 4) is 0 Å². The quantitative estimate of drug-likeness (QED) is 0.772. The minimum absolute atomic E-state index is 0.145. The zero-order valence-electron chi connectivity index (χ0n) is 9.35. The van der Waals surface area contributed by atoms with Gasteiger partial charge in [0.15, 0.2) is 0 Å². The minimum atomic E-state index is -3.66. The first-order chi connectivity index (χ1) is 7.55. The van der Waals surface area contributed by atoms with Gasteiger partial charge < -0.3 is 4.74 Å². The zero-order valence-corrected chi connectivity index (χ0v) is 10.2. The van der Waals surface area contributed by atoms with Crippen LogP contribution >= 0.6 is 0 Å². The molecule has 0 unspecified atom stereocenters. The molecule has 16 heavy (non-hydrogen) atoms. The third kappa shape index (κ3) is 3.92. The molecule has 0 heterocycles. The van der Waals surface area contributed by atoms with Gasteiger partial charge in [0.05, 0.1) is 11.5 Å². The highest BCUT2D eigenvalue weighted by molar-refractivity contribution is 7.89. The molecule has 4 nitrogen and oxygen atoms in total. The van der Waals surface area contributed by atoms with E-state index in [2.05, 4.69) is 6.92 Å². The standard InChI is InChI=1S/C11H17NO3S/c1-2-3-8-15-9-10-6-4-5-7-11(10)16(12,13)14/h4-7H,2-3,8-9H2,1H3,(H2,12,13,14). The van der Waals surface area contributed by atoms with Crippen molar-refractivity contribution in [2.24, 2.45) is 5.14 Å². The average Bonchev–Trinajstić information content (AvgIpc) is 2.24. The molecule has 0 bridgehead atoms. The number of ether oxygens (including phenoxy) is 1. The van der Waals surface area contributed by atoms with Gasteiger partial charge >= 0.3 is 0 Å². The first kappa shape index (κ1) is 13.2. The Labute approximate surface area is 96.5 Å². The summed E-state index contributed by atoms with van der Waals surface area (Å²) >= 11 is 0. The Morgan fingerprint density at radius 3 is 2.62 bits per heavy atom. The largest absolute Gasteiger partial charge is 0.377 e. The van der Waals surface area contributed by atoms with Gasteiger partial charge in [-0.2, -0.15) is 0 Å². The lowest BCUT2D eigenvalue weighted by Gasteiger charge is -2.07. The maximum absolute atomic E-state index is 11.3. The number of hydrogen-bond acceptors (Lipinski definition) is 3. The Balaban J connectivity index is 2.73. The van der Waals surface area contributed by atoms with Gasteiger partial charge in [0.2, 0.25) is 10.0 Å². The molecule has 0 spiro atoms. The first-order valence-electron chi connectivity index (χ1n) is 5.24. The van der Waals surface area contributed by atoms with Crippen LogP contribution in [0.25, 0.3) is 0 Å². The summed E-state index contributed by atoms with van der Waals surface area (Å²) in [6.45, 7) is 2.99. The second kappa shape index (κ2) is 5.98. The summed E-state index contributed by atoms with van der Waals surface area (Å²) in [6, 6.07) is 6.63. The van der Waals surface area contributed by atoms with E-state index in [1.54, 1.807) is 18.2 Å². The van der Waals surface area contributed by atoms with E-state index >= 15 is 0 Å². The number of primary sulfonamides is 1. The van der Waals surface area contributed by atoms with Gasteiger partial charge in [-0.15, -0.1) is 0 Å². The van der Waals surface area contributed by atoms with Crippen LogP contribution in [0.2, 0.25) is 0 Å². The van der Waals surface area contributed by atoms with Crippen molar-refractivity contribution in [3.63, 3.8) is 0 Å². The van der Waals surface area contributed by atoms with Gasteiger partial charge in [-0.25, -0.2) is 13.6 Å². The summed E-state index contributed by atoms with van der Waals surface area (Å²) in [5, 5.41) is 5.10. The van der Waals surface area contributed by atoms with Crippen LogP contribution in [0.5, 0.6) is 0 Å². The molecule has 0 aromatic heterocycles. The molecule has 0 atom stereocenters. The van der Waals surface area contributed by atoms with Crippen LogP contribution in [0.15, 0.2) is 29.2 Å². The number of rotatable bonds is 6. The molecule has 0 aliphatic heterocycles. The molecule has 0 saturated heterocycles. The molecule has 0 radical (unpaired) electrons. The van der Waals surface area contributed by atoms with Crippen LogP contribution in [0.1, 0.15) is 25.3 Å². The topological polar surface area (TPSA) is 69.4 Å². The molecule has 0 saturated carbocycles. The lowest BCUT2D eigenvalue weighted by Crippen LogP contribution is -2.15. The first-order valence-corrected chi connectivity index (χ1v) is 6.78. The van der Waals surface area contributed by atoms with Gasteiger partial charge in [0.1, 0.15) is 0 Å². The molecule has 0 amide bonds. The predicted octanol–water partition coefficient (Wildman–Crippen LogP) is 1.65. The van der Waals surface area contributed by atoms with Crippen molar-refractivity contribution >= 4 is 10.0 Å². The van der Waals surface area contributed by atoms with Crippen molar-refractivity contribution in [1.29, 1.82) is 0 Å². The number of nitrogens with two attached hydrogens (primary N) is 1. The lowest BCUT2D eigenvalue weighted by molar-refractivity contribution is 0.116. The number of sulfonamides is 1. The highest BCUT2D eigenvalue weighted by Crippen LogP contribution is 2.14. The minimum Gasteiger partial charge on any atom is -0.377 e. The van der Waals surface area contributed by atoms with Crippen molar-refractivity contribution in [2.75, 3.05) is 6.61 Å². The Hall–Kier alpha value is -0.910. The maximum Gasteiger partial charge on any atom is 0.238 e. The molecule has 90 valence electrons. The molecule has 0 aliphatic carbocycles. The second-order valence-corrected chi connectivity index (χ2v) is 5.09. The smallest absolute Gasteiger partial charge is 0.238 e. The van der Waals surface area contributed by atoms with E-state index in [4.69, 9.17) is 9.88 Å². The summed E-state index contributed by atoms with van der Waals surface area (Å²) in [7, 11) is -3.66. The fraction of sp³-hybridized carbons (Fsp3) is 0.455. The Kier molecular flexibility index (Phi) is 4.92. The molecule has 0 fully saturated rings. The fourth-order valence-corrected chi connectivity index (χ4v) is 2.09. The molecule has 2 N–H and O–H groups in total. The van der Waals surface area contributed by atoms with Crippen molar-refractivity contribution in [2.45, 2.75) is 31.3 Å². The fourth-order valence-electron chi connectivity index (χ4n) is 1.33. The number of benzene rings is 1. The van der Waals surface area contributed by atoms with E-state index < -0.39 is 10.0 Å². The van der Waals surface area contributed by atoms with E-state index in [0.717, 1.165) is 12.8 Å². The van der Waals surface area contributed by atoms with Gasteiger partial charge in [0.25, 0.3) is 0 Å². The predicted molar refractivity (Wildman–Crippen MR) is 62.4 cm³/mol. The molecular formula is C11H17NO3S. The van der Waals surface area contributed by atoms with E-state index in [0.29, 0.717) is 12.2 Å². The second-order valence-electron chi connectivity index (χ2n) is 3.56. The maximum atomic E-state index is 11.3. The van der Waals surface area contributed by atoms with Crippen LogP contribution in [-0.2, 0) is 21.4 Å². The van der Waals surface area contributed by atoms with Gasteiger partial charge in [-0.1, -0.05) is 31.5 Å².